The number of carbonyl (C=O) groups is 3. The summed E-state index contributed by atoms with van der Waals surface area (Å²) in [6.07, 6.45) is 1.69. The van der Waals surface area contributed by atoms with Crippen molar-refractivity contribution in [2.45, 2.75) is 41.0 Å². The van der Waals surface area contributed by atoms with Gasteiger partial charge in [-0.2, -0.15) is 0 Å². The number of allylic oxidation sites excluding steroid dienone is 2. The molecule has 0 amide bonds. The number of ketones is 3. The SMILES string of the molecule is CC(=O)C=C(C)C.CC(=O)CC(C)=O. The van der Waals surface area contributed by atoms with Crippen molar-refractivity contribution in [1.82, 2.24) is 0 Å². The largest absolute Gasteiger partial charge is 0.300 e. The molecule has 0 unspecified atom stereocenters. The van der Waals surface area contributed by atoms with Gasteiger partial charge in [0.1, 0.15) is 11.6 Å². The highest BCUT2D eigenvalue weighted by atomic mass is 16.1. The zero-order valence-electron chi connectivity index (χ0n) is 9.51. The third-order valence-corrected chi connectivity index (χ3v) is 0.990. The lowest BCUT2D eigenvalue weighted by Crippen LogP contribution is -1.97. The maximum absolute atomic E-state index is 10.2. The quantitative estimate of drug-likeness (QED) is 0.515. The van der Waals surface area contributed by atoms with Crippen LogP contribution in [0.15, 0.2) is 11.6 Å². The maximum atomic E-state index is 10.2. The highest BCUT2D eigenvalue weighted by Crippen LogP contribution is 1.86. The van der Waals surface area contributed by atoms with E-state index in [1.807, 2.05) is 13.8 Å². The van der Waals surface area contributed by atoms with Gasteiger partial charge in [0.15, 0.2) is 5.78 Å². The van der Waals surface area contributed by atoms with E-state index in [0.717, 1.165) is 5.57 Å². The first-order valence-corrected chi connectivity index (χ1v) is 4.40. The molecule has 0 rings (SSSR count). The fourth-order valence-electron chi connectivity index (χ4n) is 0.757. The minimum atomic E-state index is -0.0625. The molecule has 0 N–H and O–H groups in total. The summed E-state index contributed by atoms with van der Waals surface area (Å²) in [6.45, 7) is 8.17. The van der Waals surface area contributed by atoms with E-state index >= 15 is 0 Å². The Morgan fingerprint density at radius 1 is 0.857 bits per heavy atom. The smallest absolute Gasteiger partial charge is 0.152 e. The summed E-state index contributed by atoms with van der Waals surface area (Å²) in [4.78, 5) is 30.2. The van der Waals surface area contributed by atoms with Crippen molar-refractivity contribution in [2.75, 3.05) is 0 Å². The van der Waals surface area contributed by atoms with Gasteiger partial charge in [-0.15, -0.1) is 0 Å². The first-order valence-electron chi connectivity index (χ1n) is 4.40. The fraction of sp³-hybridized carbons (Fsp3) is 0.545. The Morgan fingerprint density at radius 3 is 1.21 bits per heavy atom. The number of carbonyl (C=O) groups excluding carboxylic acids is 3. The van der Waals surface area contributed by atoms with Crippen LogP contribution in [0.3, 0.4) is 0 Å². The van der Waals surface area contributed by atoms with Crippen molar-refractivity contribution < 1.29 is 14.4 Å². The summed E-state index contributed by atoms with van der Waals surface area (Å²) in [7, 11) is 0. The van der Waals surface area contributed by atoms with Crippen LogP contribution in [-0.2, 0) is 14.4 Å². The van der Waals surface area contributed by atoms with Gasteiger partial charge in [-0.25, -0.2) is 0 Å². The van der Waals surface area contributed by atoms with Crippen LogP contribution in [0.25, 0.3) is 0 Å². The van der Waals surface area contributed by atoms with Gasteiger partial charge in [0.05, 0.1) is 6.42 Å². The van der Waals surface area contributed by atoms with E-state index in [1.54, 1.807) is 13.0 Å². The molecule has 14 heavy (non-hydrogen) atoms. The maximum Gasteiger partial charge on any atom is 0.152 e. The minimum Gasteiger partial charge on any atom is -0.300 e. The molecule has 0 fully saturated rings. The summed E-state index contributed by atoms with van der Waals surface area (Å²) < 4.78 is 0. The van der Waals surface area contributed by atoms with Crippen LogP contribution in [0.2, 0.25) is 0 Å². The van der Waals surface area contributed by atoms with Crippen LogP contribution in [-0.4, -0.2) is 17.3 Å². The van der Waals surface area contributed by atoms with Gasteiger partial charge in [0.25, 0.3) is 0 Å². The molecule has 3 nitrogen and oxygen atoms in total. The van der Waals surface area contributed by atoms with Crippen LogP contribution in [0.4, 0.5) is 0 Å². The predicted molar refractivity (Wildman–Crippen MR) is 56.1 cm³/mol. The molecule has 3 heteroatoms. The zero-order valence-corrected chi connectivity index (χ0v) is 9.51. The van der Waals surface area contributed by atoms with Crippen LogP contribution in [0, 0.1) is 0 Å². The summed E-state index contributed by atoms with van der Waals surface area (Å²) in [5, 5.41) is 0. The van der Waals surface area contributed by atoms with Crippen LogP contribution in [0.5, 0.6) is 0 Å². The second kappa shape index (κ2) is 8.35. The average Bonchev–Trinajstić information content (AvgIpc) is 1.79. The summed E-state index contributed by atoms with van der Waals surface area (Å²) in [5.41, 5.74) is 1.06. The lowest BCUT2D eigenvalue weighted by Gasteiger charge is -1.81. The van der Waals surface area contributed by atoms with E-state index < -0.39 is 0 Å². The summed E-state index contributed by atoms with van der Waals surface area (Å²) in [6, 6.07) is 0. The molecule has 0 aromatic rings. The summed E-state index contributed by atoms with van der Waals surface area (Å²) >= 11 is 0. The molecule has 0 aliphatic rings. The molecule has 0 spiro atoms. The van der Waals surface area contributed by atoms with Crippen LogP contribution < -0.4 is 0 Å². The van der Waals surface area contributed by atoms with Crippen molar-refractivity contribution in [3.63, 3.8) is 0 Å². The Labute approximate surface area is 85.2 Å². The van der Waals surface area contributed by atoms with Gasteiger partial charge in [0.2, 0.25) is 0 Å². The number of Topliss-reactive ketones (excluding diaryl/α,β-unsaturated/α-hetero) is 2. The molecule has 0 aliphatic carbocycles. The Kier molecular flexibility index (Phi) is 9.09. The van der Waals surface area contributed by atoms with E-state index in [-0.39, 0.29) is 23.8 Å². The first kappa shape index (κ1) is 15.2. The highest BCUT2D eigenvalue weighted by molar-refractivity contribution is 5.96. The van der Waals surface area contributed by atoms with Crippen molar-refractivity contribution >= 4 is 17.3 Å². The second-order valence-electron chi connectivity index (χ2n) is 3.41. The third kappa shape index (κ3) is 22.4. The van der Waals surface area contributed by atoms with E-state index in [0.29, 0.717) is 0 Å². The Morgan fingerprint density at radius 2 is 1.21 bits per heavy atom. The molecule has 0 radical (unpaired) electrons. The predicted octanol–water partition coefficient (Wildman–Crippen LogP) is 2.10. The molecule has 0 saturated carbocycles. The van der Waals surface area contributed by atoms with Crippen molar-refractivity contribution in [1.29, 1.82) is 0 Å². The van der Waals surface area contributed by atoms with E-state index in [1.165, 1.54) is 13.8 Å². The molecule has 0 aromatic heterocycles. The fourth-order valence-corrected chi connectivity index (χ4v) is 0.757. The normalized spacial score (nSPS) is 8.07. The van der Waals surface area contributed by atoms with Crippen molar-refractivity contribution in [2.24, 2.45) is 0 Å². The Bertz CT molecular complexity index is 233. The zero-order chi connectivity index (χ0) is 11.7. The Balaban J connectivity index is 0. The number of hydrogen-bond donors (Lipinski definition) is 0. The molecule has 80 valence electrons. The van der Waals surface area contributed by atoms with Gasteiger partial charge in [-0.3, -0.25) is 14.4 Å². The van der Waals surface area contributed by atoms with Gasteiger partial charge in [-0.05, 0) is 40.7 Å². The van der Waals surface area contributed by atoms with E-state index in [4.69, 9.17) is 0 Å². The third-order valence-electron chi connectivity index (χ3n) is 0.990. The first-order chi connectivity index (χ1) is 6.25. The number of hydrogen-bond acceptors (Lipinski definition) is 3. The summed E-state index contributed by atoms with van der Waals surface area (Å²) in [5.74, 6) is 0.00000000000000111. The monoisotopic (exact) mass is 198 g/mol. The van der Waals surface area contributed by atoms with E-state index in [9.17, 15) is 14.4 Å². The van der Waals surface area contributed by atoms with Gasteiger partial charge >= 0.3 is 0 Å². The Hall–Kier alpha value is -1.25. The van der Waals surface area contributed by atoms with Crippen LogP contribution in [0.1, 0.15) is 41.0 Å². The molecule has 0 saturated heterocycles. The van der Waals surface area contributed by atoms with Crippen LogP contribution >= 0.6 is 0 Å². The molecule has 0 aromatic carbocycles. The minimum absolute atomic E-state index is 0.0625. The molecular formula is C11H18O3. The standard InChI is InChI=1S/C6H10O.C5H8O2/c1-5(2)4-6(3)7;1-4(6)3-5(2)7/h4H,1-3H3;3H2,1-2H3. The molecule has 0 aliphatic heterocycles. The second-order valence-corrected chi connectivity index (χ2v) is 3.41. The molecule has 0 atom stereocenters. The van der Waals surface area contributed by atoms with Gasteiger partial charge < -0.3 is 0 Å². The van der Waals surface area contributed by atoms with Gasteiger partial charge in [-0.1, -0.05) is 5.57 Å². The molecule has 0 bridgehead atoms. The average molecular weight is 198 g/mol. The highest BCUT2D eigenvalue weighted by Gasteiger charge is 1.94. The van der Waals surface area contributed by atoms with Gasteiger partial charge in [0, 0.05) is 0 Å². The molecular weight excluding hydrogens is 180 g/mol. The van der Waals surface area contributed by atoms with E-state index in [2.05, 4.69) is 0 Å². The lowest BCUT2D eigenvalue weighted by atomic mass is 10.2. The topological polar surface area (TPSA) is 51.2 Å². The number of rotatable bonds is 3. The lowest BCUT2D eigenvalue weighted by molar-refractivity contribution is -0.124. The molecule has 0 heterocycles. The van der Waals surface area contributed by atoms with Crippen molar-refractivity contribution in [3.8, 4) is 0 Å². The van der Waals surface area contributed by atoms with Crippen molar-refractivity contribution in [3.05, 3.63) is 11.6 Å².